The Morgan fingerprint density at radius 1 is 0.895 bits per heavy atom. The minimum Gasteiger partial charge on any atom is -0.494 e. The third-order valence-electron chi connectivity index (χ3n) is 3.31. The standard InChI is InChI=1S/C17H29NO/c1-3-5-13-18-14-7-6-8-15-19-17-11-9-16(4-2)10-12-17/h9-12,18H,3-8,13-15H2,1-2H3. The van der Waals surface area contributed by atoms with Crippen molar-refractivity contribution < 1.29 is 4.74 Å². The van der Waals surface area contributed by atoms with Gasteiger partial charge in [-0.25, -0.2) is 0 Å². The highest BCUT2D eigenvalue weighted by Crippen LogP contribution is 2.13. The third kappa shape index (κ3) is 7.89. The van der Waals surface area contributed by atoms with Gasteiger partial charge in [0.25, 0.3) is 0 Å². The van der Waals surface area contributed by atoms with Crippen LogP contribution < -0.4 is 10.1 Å². The van der Waals surface area contributed by atoms with E-state index >= 15 is 0 Å². The zero-order valence-electron chi connectivity index (χ0n) is 12.6. The fourth-order valence-corrected chi connectivity index (χ4v) is 1.97. The summed E-state index contributed by atoms with van der Waals surface area (Å²) in [5.41, 5.74) is 1.37. The summed E-state index contributed by atoms with van der Waals surface area (Å²) in [7, 11) is 0. The number of hydrogen-bond donors (Lipinski definition) is 1. The summed E-state index contributed by atoms with van der Waals surface area (Å²) in [6.07, 6.45) is 7.29. The summed E-state index contributed by atoms with van der Waals surface area (Å²) in [6, 6.07) is 8.44. The van der Waals surface area contributed by atoms with Crippen molar-refractivity contribution in [2.75, 3.05) is 19.7 Å². The Morgan fingerprint density at radius 3 is 2.32 bits per heavy atom. The molecule has 0 radical (unpaired) electrons. The van der Waals surface area contributed by atoms with Crippen LogP contribution in [-0.2, 0) is 6.42 Å². The van der Waals surface area contributed by atoms with Gasteiger partial charge in [-0.2, -0.15) is 0 Å². The molecular weight excluding hydrogens is 234 g/mol. The molecule has 0 aliphatic rings. The molecule has 1 N–H and O–H groups in total. The van der Waals surface area contributed by atoms with Crippen molar-refractivity contribution in [3.63, 3.8) is 0 Å². The minimum atomic E-state index is 0.834. The van der Waals surface area contributed by atoms with Crippen molar-refractivity contribution in [1.82, 2.24) is 5.32 Å². The Kier molecular flexibility index (Phi) is 9.17. The molecule has 0 bridgehead atoms. The molecule has 1 rings (SSSR count). The largest absolute Gasteiger partial charge is 0.494 e. The van der Waals surface area contributed by atoms with Gasteiger partial charge >= 0.3 is 0 Å². The second-order valence-corrected chi connectivity index (χ2v) is 5.01. The van der Waals surface area contributed by atoms with Gasteiger partial charge < -0.3 is 10.1 Å². The van der Waals surface area contributed by atoms with Gasteiger partial charge in [0.2, 0.25) is 0 Å². The van der Waals surface area contributed by atoms with Crippen LogP contribution in [0, 0.1) is 0 Å². The van der Waals surface area contributed by atoms with E-state index in [-0.39, 0.29) is 0 Å². The van der Waals surface area contributed by atoms with E-state index in [1.165, 1.54) is 31.2 Å². The van der Waals surface area contributed by atoms with Gasteiger partial charge in [-0.3, -0.25) is 0 Å². The number of unbranched alkanes of at least 4 members (excludes halogenated alkanes) is 3. The maximum atomic E-state index is 5.73. The quantitative estimate of drug-likeness (QED) is 0.604. The molecule has 0 aliphatic heterocycles. The van der Waals surface area contributed by atoms with Gasteiger partial charge in [0, 0.05) is 0 Å². The van der Waals surface area contributed by atoms with Crippen LogP contribution in [0.1, 0.15) is 51.5 Å². The maximum absolute atomic E-state index is 5.73. The van der Waals surface area contributed by atoms with E-state index in [0.29, 0.717) is 0 Å². The fraction of sp³-hybridized carbons (Fsp3) is 0.647. The van der Waals surface area contributed by atoms with E-state index in [0.717, 1.165) is 38.3 Å². The summed E-state index contributed by atoms with van der Waals surface area (Å²) in [4.78, 5) is 0. The summed E-state index contributed by atoms with van der Waals surface area (Å²) in [5.74, 6) is 0.998. The smallest absolute Gasteiger partial charge is 0.119 e. The summed E-state index contributed by atoms with van der Waals surface area (Å²) in [5, 5.41) is 3.47. The highest BCUT2D eigenvalue weighted by molar-refractivity contribution is 5.27. The molecule has 0 heterocycles. The first-order chi connectivity index (χ1) is 9.36. The lowest BCUT2D eigenvalue weighted by Gasteiger charge is -2.07. The SMILES string of the molecule is CCCCNCCCCCOc1ccc(CC)cc1. The van der Waals surface area contributed by atoms with E-state index in [1.807, 2.05) is 0 Å². The Bertz CT molecular complexity index is 308. The summed E-state index contributed by atoms with van der Waals surface area (Å²) >= 11 is 0. The Morgan fingerprint density at radius 2 is 1.63 bits per heavy atom. The first-order valence-corrected chi connectivity index (χ1v) is 7.79. The second kappa shape index (κ2) is 10.9. The fourth-order valence-electron chi connectivity index (χ4n) is 1.97. The summed E-state index contributed by atoms with van der Waals surface area (Å²) in [6.45, 7) is 7.54. The van der Waals surface area contributed by atoms with Gasteiger partial charge in [0.15, 0.2) is 0 Å². The molecule has 0 saturated heterocycles. The zero-order valence-corrected chi connectivity index (χ0v) is 12.6. The first kappa shape index (κ1) is 16.0. The van der Waals surface area contributed by atoms with E-state index < -0.39 is 0 Å². The monoisotopic (exact) mass is 263 g/mol. The average molecular weight is 263 g/mol. The van der Waals surface area contributed by atoms with Crippen LogP contribution in [0.2, 0.25) is 0 Å². The first-order valence-electron chi connectivity index (χ1n) is 7.79. The topological polar surface area (TPSA) is 21.3 Å². The van der Waals surface area contributed by atoms with Crippen LogP contribution in [0.15, 0.2) is 24.3 Å². The minimum absolute atomic E-state index is 0.834. The van der Waals surface area contributed by atoms with E-state index in [1.54, 1.807) is 0 Å². The van der Waals surface area contributed by atoms with Crippen molar-refractivity contribution in [2.45, 2.75) is 52.4 Å². The van der Waals surface area contributed by atoms with Crippen molar-refractivity contribution in [3.8, 4) is 5.75 Å². The lowest BCUT2D eigenvalue weighted by molar-refractivity contribution is 0.305. The molecule has 0 atom stereocenters. The van der Waals surface area contributed by atoms with E-state index in [9.17, 15) is 0 Å². The molecule has 2 heteroatoms. The van der Waals surface area contributed by atoms with Crippen LogP contribution >= 0.6 is 0 Å². The van der Waals surface area contributed by atoms with Crippen LogP contribution in [-0.4, -0.2) is 19.7 Å². The van der Waals surface area contributed by atoms with Crippen molar-refractivity contribution in [2.24, 2.45) is 0 Å². The van der Waals surface area contributed by atoms with Crippen LogP contribution in [0.3, 0.4) is 0 Å². The second-order valence-electron chi connectivity index (χ2n) is 5.01. The van der Waals surface area contributed by atoms with Gasteiger partial charge in [0.1, 0.15) is 5.75 Å². The number of benzene rings is 1. The predicted molar refractivity (Wildman–Crippen MR) is 82.9 cm³/mol. The molecule has 108 valence electrons. The average Bonchev–Trinajstić information content (AvgIpc) is 2.46. The maximum Gasteiger partial charge on any atom is 0.119 e. The third-order valence-corrected chi connectivity index (χ3v) is 3.31. The molecule has 0 aromatic heterocycles. The molecule has 0 spiro atoms. The van der Waals surface area contributed by atoms with Crippen LogP contribution in [0.4, 0.5) is 0 Å². The van der Waals surface area contributed by atoms with Crippen LogP contribution in [0.5, 0.6) is 5.75 Å². The predicted octanol–water partition coefficient (Wildman–Crippen LogP) is 4.19. The number of ether oxygens (including phenoxy) is 1. The molecule has 1 aromatic rings. The van der Waals surface area contributed by atoms with Gasteiger partial charge in [-0.15, -0.1) is 0 Å². The van der Waals surface area contributed by atoms with E-state index in [2.05, 4.69) is 43.4 Å². The molecule has 0 aliphatic carbocycles. The molecule has 2 nitrogen and oxygen atoms in total. The summed E-state index contributed by atoms with van der Waals surface area (Å²) < 4.78 is 5.73. The lowest BCUT2D eigenvalue weighted by Crippen LogP contribution is -2.16. The van der Waals surface area contributed by atoms with Crippen LogP contribution in [0.25, 0.3) is 0 Å². The molecule has 0 saturated carbocycles. The Balaban J connectivity index is 1.95. The normalized spacial score (nSPS) is 10.6. The highest BCUT2D eigenvalue weighted by Gasteiger charge is 1.95. The zero-order chi connectivity index (χ0) is 13.8. The highest BCUT2D eigenvalue weighted by atomic mass is 16.5. The molecule has 19 heavy (non-hydrogen) atoms. The number of aryl methyl sites for hydroxylation is 1. The van der Waals surface area contributed by atoms with Gasteiger partial charge in [-0.1, -0.05) is 32.4 Å². The molecule has 0 unspecified atom stereocenters. The molecule has 0 fully saturated rings. The molecular formula is C17H29NO. The number of hydrogen-bond acceptors (Lipinski definition) is 2. The number of nitrogens with one attached hydrogen (secondary N) is 1. The lowest BCUT2D eigenvalue weighted by atomic mass is 10.2. The Hall–Kier alpha value is -1.02. The van der Waals surface area contributed by atoms with Crippen molar-refractivity contribution in [1.29, 1.82) is 0 Å². The van der Waals surface area contributed by atoms with E-state index in [4.69, 9.17) is 4.74 Å². The van der Waals surface area contributed by atoms with Gasteiger partial charge in [0.05, 0.1) is 6.61 Å². The van der Waals surface area contributed by atoms with Crippen molar-refractivity contribution >= 4 is 0 Å². The van der Waals surface area contributed by atoms with Crippen molar-refractivity contribution in [3.05, 3.63) is 29.8 Å². The molecule has 1 aromatic carbocycles. The molecule has 0 amide bonds. The van der Waals surface area contributed by atoms with Gasteiger partial charge in [-0.05, 0) is 62.9 Å². The number of rotatable bonds is 11. The Labute approximate surface area is 118 Å².